The summed E-state index contributed by atoms with van der Waals surface area (Å²) in [5, 5.41) is 0. The van der Waals surface area contributed by atoms with Gasteiger partial charge in [-0.3, -0.25) is 4.79 Å². The van der Waals surface area contributed by atoms with Gasteiger partial charge in [-0.1, -0.05) is 20.8 Å². The van der Waals surface area contributed by atoms with Crippen LogP contribution in [0.5, 0.6) is 0 Å². The molecule has 6 nitrogen and oxygen atoms in total. The minimum Gasteiger partial charge on any atom is -0.341 e. The van der Waals surface area contributed by atoms with Gasteiger partial charge in [-0.05, 0) is 58.0 Å². The van der Waals surface area contributed by atoms with Crippen molar-refractivity contribution in [1.29, 1.82) is 0 Å². The van der Waals surface area contributed by atoms with E-state index in [1.165, 1.54) is 12.8 Å². The van der Waals surface area contributed by atoms with E-state index in [1.54, 1.807) is 0 Å². The van der Waals surface area contributed by atoms with Gasteiger partial charge in [0.1, 0.15) is 18.4 Å². The summed E-state index contributed by atoms with van der Waals surface area (Å²) in [6.45, 7) is 13.9. The fourth-order valence-corrected chi connectivity index (χ4v) is 6.79. The highest BCUT2D eigenvalue weighted by Gasteiger charge is 2.54. The van der Waals surface area contributed by atoms with E-state index in [-0.39, 0.29) is 5.92 Å². The van der Waals surface area contributed by atoms with E-state index in [0.29, 0.717) is 29.7 Å². The Hall–Kier alpha value is -1.26. The van der Waals surface area contributed by atoms with Crippen LogP contribution in [0.4, 0.5) is 0 Å². The Bertz CT molecular complexity index is 843. The van der Waals surface area contributed by atoms with Gasteiger partial charge in [0.2, 0.25) is 5.91 Å². The van der Waals surface area contributed by atoms with Crippen LogP contribution in [0.2, 0.25) is 0 Å². The molecule has 0 unspecified atom stereocenters. The quantitative estimate of drug-likeness (QED) is 0.667. The van der Waals surface area contributed by atoms with E-state index < -0.39 is 7.14 Å². The van der Waals surface area contributed by atoms with Crippen LogP contribution in [-0.2, 0) is 9.36 Å². The van der Waals surface area contributed by atoms with Gasteiger partial charge < -0.3 is 14.4 Å². The first-order valence-corrected chi connectivity index (χ1v) is 14.2. The number of amides is 1. The van der Waals surface area contributed by atoms with Crippen molar-refractivity contribution in [3.05, 3.63) is 17.6 Å². The lowest BCUT2D eigenvalue weighted by Gasteiger charge is -2.61. The molecule has 2 saturated heterocycles. The zero-order valence-corrected chi connectivity index (χ0v) is 20.1. The molecule has 7 heteroatoms. The molecule has 1 saturated carbocycles. The largest absolute Gasteiger partial charge is 0.341 e. The molecule has 0 N–H and O–H groups in total. The number of carbonyl (C=O) groups is 1. The number of hydrogen-bond acceptors (Lipinski definition) is 5. The smallest absolute Gasteiger partial charge is 0.222 e. The lowest BCUT2D eigenvalue weighted by Crippen LogP contribution is -2.67. The Balaban J connectivity index is 1.35. The third-order valence-electron chi connectivity index (χ3n) is 7.37. The molecule has 1 aromatic rings. The molecular weight excluding hydrogens is 395 g/mol. The number of rotatable bonds is 5. The highest BCUT2D eigenvalue weighted by atomic mass is 31.2. The van der Waals surface area contributed by atoms with E-state index in [1.807, 2.05) is 31.4 Å². The molecule has 3 heterocycles. The topological polar surface area (TPSA) is 66.4 Å². The maximum Gasteiger partial charge on any atom is 0.222 e. The van der Waals surface area contributed by atoms with E-state index in [0.717, 1.165) is 55.8 Å². The first-order chi connectivity index (χ1) is 14.1. The van der Waals surface area contributed by atoms with Gasteiger partial charge in [0.15, 0.2) is 0 Å². The third-order valence-corrected chi connectivity index (χ3v) is 8.75. The first kappa shape index (κ1) is 22.0. The van der Waals surface area contributed by atoms with Crippen LogP contribution in [0.25, 0.3) is 0 Å². The monoisotopic (exact) mass is 432 g/mol. The summed E-state index contributed by atoms with van der Waals surface area (Å²) in [5.74, 6) is 1.75. The van der Waals surface area contributed by atoms with Gasteiger partial charge >= 0.3 is 0 Å². The number of piperidine rings is 1. The zero-order valence-electron chi connectivity index (χ0n) is 19.2. The van der Waals surface area contributed by atoms with Gasteiger partial charge in [-0.25, -0.2) is 9.97 Å². The van der Waals surface area contributed by atoms with Gasteiger partial charge in [0.25, 0.3) is 0 Å². The second-order valence-electron chi connectivity index (χ2n) is 10.5. The van der Waals surface area contributed by atoms with Crippen LogP contribution in [0.15, 0.2) is 6.20 Å². The SMILES string of the molecule is CCC(=O)N1CC2(CC(N3CCC(c4cnc(C(C)C)nc4P(C)(C)=O)CC3)C2)C1. The molecule has 3 aliphatic rings. The second-order valence-corrected chi connectivity index (χ2v) is 13.6. The van der Waals surface area contributed by atoms with Crippen LogP contribution < -0.4 is 5.44 Å². The van der Waals surface area contributed by atoms with Crippen molar-refractivity contribution < 1.29 is 9.36 Å². The summed E-state index contributed by atoms with van der Waals surface area (Å²) in [6, 6.07) is 0.673. The van der Waals surface area contributed by atoms with Crippen molar-refractivity contribution in [1.82, 2.24) is 19.8 Å². The van der Waals surface area contributed by atoms with Crippen LogP contribution in [0, 0.1) is 5.41 Å². The molecule has 0 atom stereocenters. The summed E-state index contributed by atoms with van der Waals surface area (Å²) in [7, 11) is -2.45. The lowest BCUT2D eigenvalue weighted by molar-refractivity contribution is -0.157. The van der Waals surface area contributed by atoms with Crippen LogP contribution in [-0.4, -0.2) is 71.2 Å². The lowest BCUT2D eigenvalue weighted by atomic mass is 9.60. The molecule has 1 amide bonds. The summed E-state index contributed by atoms with van der Waals surface area (Å²) in [4.78, 5) is 25.8. The predicted octanol–water partition coefficient (Wildman–Crippen LogP) is 3.43. The summed E-state index contributed by atoms with van der Waals surface area (Å²) >= 11 is 0. The molecular formula is C23H37N4O2P. The fraction of sp³-hybridized carbons (Fsp3) is 0.783. The van der Waals surface area contributed by atoms with Gasteiger partial charge in [-0.2, -0.15) is 0 Å². The molecule has 4 rings (SSSR count). The molecule has 1 aliphatic carbocycles. The Morgan fingerprint density at radius 1 is 1.23 bits per heavy atom. The molecule has 30 heavy (non-hydrogen) atoms. The van der Waals surface area contributed by atoms with Crippen LogP contribution in [0.3, 0.4) is 0 Å². The van der Waals surface area contributed by atoms with Crippen molar-refractivity contribution in [3.8, 4) is 0 Å². The fourth-order valence-electron chi connectivity index (χ4n) is 5.59. The second kappa shape index (κ2) is 8.02. The van der Waals surface area contributed by atoms with Crippen LogP contribution in [0.1, 0.15) is 76.1 Å². The minimum absolute atomic E-state index is 0.243. The predicted molar refractivity (Wildman–Crippen MR) is 121 cm³/mol. The molecule has 0 aromatic carbocycles. The number of nitrogens with zero attached hydrogens (tertiary/aromatic N) is 4. The van der Waals surface area contributed by atoms with Crippen molar-refractivity contribution in [2.75, 3.05) is 39.5 Å². The Kier molecular flexibility index (Phi) is 5.87. The zero-order chi connectivity index (χ0) is 21.7. The molecule has 0 radical (unpaired) electrons. The van der Waals surface area contributed by atoms with Crippen molar-refractivity contribution >= 4 is 18.5 Å². The van der Waals surface area contributed by atoms with Crippen molar-refractivity contribution in [3.63, 3.8) is 0 Å². The highest BCUT2D eigenvalue weighted by Crippen LogP contribution is 2.51. The number of aromatic nitrogens is 2. The molecule has 166 valence electrons. The Morgan fingerprint density at radius 3 is 2.40 bits per heavy atom. The molecule has 0 bridgehead atoms. The maximum atomic E-state index is 13.0. The maximum absolute atomic E-state index is 13.0. The standard InChI is InChI=1S/C23H37N4O2P/c1-6-20(28)27-14-23(15-27)11-18(12-23)26-9-7-17(8-10-26)19-13-24-21(16(2)3)25-22(19)30(4,5)29/h13,16-18H,6-12,14-15H2,1-5H3. The van der Waals surface area contributed by atoms with Crippen molar-refractivity contribution in [2.24, 2.45) is 5.41 Å². The Labute approximate surface area is 181 Å². The van der Waals surface area contributed by atoms with E-state index in [4.69, 9.17) is 4.98 Å². The summed E-state index contributed by atoms with van der Waals surface area (Å²) < 4.78 is 13.0. The minimum atomic E-state index is -2.45. The van der Waals surface area contributed by atoms with E-state index in [9.17, 15) is 9.36 Å². The molecule has 2 aliphatic heterocycles. The van der Waals surface area contributed by atoms with E-state index >= 15 is 0 Å². The van der Waals surface area contributed by atoms with Gasteiger partial charge in [0, 0.05) is 48.6 Å². The van der Waals surface area contributed by atoms with Crippen molar-refractivity contribution in [2.45, 2.75) is 70.8 Å². The number of hydrogen-bond donors (Lipinski definition) is 0. The number of likely N-dealkylation sites (tertiary alicyclic amines) is 2. The van der Waals surface area contributed by atoms with Crippen LogP contribution >= 0.6 is 7.14 Å². The average molecular weight is 433 g/mol. The van der Waals surface area contributed by atoms with E-state index in [2.05, 4.69) is 23.7 Å². The summed E-state index contributed by atoms with van der Waals surface area (Å²) in [6.07, 6.45) is 7.23. The average Bonchev–Trinajstić information content (AvgIpc) is 2.64. The Morgan fingerprint density at radius 2 is 1.87 bits per heavy atom. The number of carbonyl (C=O) groups excluding carboxylic acids is 1. The third kappa shape index (κ3) is 4.10. The molecule has 1 aromatic heterocycles. The van der Waals surface area contributed by atoms with Gasteiger partial charge in [0.05, 0.1) is 0 Å². The normalized spacial score (nSPS) is 22.9. The highest BCUT2D eigenvalue weighted by molar-refractivity contribution is 7.70. The summed E-state index contributed by atoms with van der Waals surface area (Å²) in [5.41, 5.74) is 2.33. The van der Waals surface area contributed by atoms with Gasteiger partial charge in [-0.15, -0.1) is 0 Å². The molecule has 1 spiro atoms. The first-order valence-electron chi connectivity index (χ1n) is 11.6. The molecule has 3 fully saturated rings.